The van der Waals surface area contributed by atoms with Gasteiger partial charge in [0.2, 0.25) is 10.0 Å². The summed E-state index contributed by atoms with van der Waals surface area (Å²) < 4.78 is 37.0. The van der Waals surface area contributed by atoms with E-state index in [1.54, 1.807) is 31.8 Å². The molecule has 2 aromatic heterocycles. The summed E-state index contributed by atoms with van der Waals surface area (Å²) in [6.45, 7) is 5.62. The lowest BCUT2D eigenvalue weighted by Crippen LogP contribution is -2.49. The molecule has 10 heteroatoms. The molecule has 0 aliphatic carbocycles. The number of hydrogen-bond donors (Lipinski definition) is 0. The Kier molecular flexibility index (Phi) is 3.91. The predicted molar refractivity (Wildman–Crippen MR) is 83.6 cm³/mol. The third kappa shape index (κ3) is 2.50. The van der Waals surface area contributed by atoms with Gasteiger partial charge in [0.25, 0.3) is 0 Å². The van der Waals surface area contributed by atoms with Gasteiger partial charge < -0.3 is 4.90 Å². The molecule has 0 bridgehead atoms. The zero-order valence-corrected chi connectivity index (χ0v) is 14.4. The van der Waals surface area contributed by atoms with E-state index >= 15 is 0 Å². The van der Waals surface area contributed by atoms with Gasteiger partial charge in [0.15, 0.2) is 5.82 Å². The summed E-state index contributed by atoms with van der Waals surface area (Å²) in [6, 6.07) is 0. The van der Waals surface area contributed by atoms with Crippen LogP contribution in [0.25, 0.3) is 0 Å². The summed E-state index contributed by atoms with van der Waals surface area (Å²) in [5.41, 5.74) is 1.22. The number of aromatic nitrogens is 4. The van der Waals surface area contributed by atoms with Crippen LogP contribution >= 0.6 is 11.7 Å². The quantitative estimate of drug-likeness (QED) is 0.803. The van der Waals surface area contributed by atoms with Crippen molar-refractivity contribution in [1.29, 1.82) is 0 Å². The van der Waals surface area contributed by atoms with E-state index < -0.39 is 10.0 Å². The second-order valence-corrected chi connectivity index (χ2v) is 7.71. The second kappa shape index (κ2) is 5.60. The van der Waals surface area contributed by atoms with Crippen molar-refractivity contribution in [3.63, 3.8) is 0 Å². The van der Waals surface area contributed by atoms with Gasteiger partial charge in [-0.25, -0.2) is 8.42 Å². The van der Waals surface area contributed by atoms with Crippen LogP contribution in [0, 0.1) is 13.8 Å². The van der Waals surface area contributed by atoms with Gasteiger partial charge in [0, 0.05) is 33.2 Å². The first-order valence-electron chi connectivity index (χ1n) is 6.94. The van der Waals surface area contributed by atoms with Gasteiger partial charge in [0.05, 0.1) is 29.3 Å². The smallest absolute Gasteiger partial charge is 0.246 e. The zero-order valence-electron chi connectivity index (χ0n) is 12.7. The molecule has 0 spiro atoms. The lowest BCUT2D eigenvalue weighted by Gasteiger charge is -2.33. The van der Waals surface area contributed by atoms with E-state index in [2.05, 4.69) is 18.7 Å². The van der Waals surface area contributed by atoms with Gasteiger partial charge in [0.1, 0.15) is 4.90 Å². The highest BCUT2D eigenvalue weighted by Gasteiger charge is 2.33. The van der Waals surface area contributed by atoms with Crippen molar-refractivity contribution < 1.29 is 8.42 Å². The van der Waals surface area contributed by atoms with Crippen LogP contribution in [0.1, 0.15) is 11.4 Å². The molecule has 0 atom stereocenters. The van der Waals surface area contributed by atoms with Crippen molar-refractivity contribution in [1.82, 2.24) is 22.8 Å². The van der Waals surface area contributed by atoms with Crippen molar-refractivity contribution in [2.24, 2.45) is 7.05 Å². The molecule has 0 aromatic carbocycles. The lowest BCUT2D eigenvalue weighted by atomic mass is 10.4. The Morgan fingerprint density at radius 3 is 2.36 bits per heavy atom. The molecular weight excluding hydrogens is 324 g/mol. The molecule has 3 heterocycles. The largest absolute Gasteiger partial charge is 0.352 e. The minimum atomic E-state index is -3.50. The van der Waals surface area contributed by atoms with Crippen molar-refractivity contribution >= 4 is 27.6 Å². The van der Waals surface area contributed by atoms with Gasteiger partial charge >= 0.3 is 0 Å². The standard InChI is InChI=1S/C12H18N6O2S2/c1-9-12(10(2)16(3)14-9)22(19,20)18-6-4-17(5-7-18)11-8-13-21-15-11/h8H,4-7H2,1-3H3. The molecule has 1 fully saturated rings. The van der Waals surface area contributed by atoms with Crippen LogP contribution in [-0.4, -0.2) is 57.4 Å². The first kappa shape index (κ1) is 15.4. The summed E-state index contributed by atoms with van der Waals surface area (Å²) in [6.07, 6.45) is 1.71. The van der Waals surface area contributed by atoms with E-state index in [4.69, 9.17) is 0 Å². The summed E-state index contributed by atoms with van der Waals surface area (Å²) in [5, 5.41) is 4.21. The van der Waals surface area contributed by atoms with Gasteiger partial charge in [-0.2, -0.15) is 18.2 Å². The van der Waals surface area contributed by atoms with Crippen LogP contribution in [0.15, 0.2) is 11.1 Å². The fraction of sp³-hybridized carbons (Fsp3) is 0.583. The Labute approximate surface area is 133 Å². The maximum absolute atomic E-state index is 12.9. The van der Waals surface area contributed by atoms with Crippen molar-refractivity contribution in [2.45, 2.75) is 18.7 Å². The van der Waals surface area contributed by atoms with Gasteiger partial charge in [-0.1, -0.05) is 0 Å². The molecule has 0 saturated carbocycles. The highest BCUT2D eigenvalue weighted by Crippen LogP contribution is 2.24. The summed E-state index contributed by atoms with van der Waals surface area (Å²) in [7, 11) is -1.75. The first-order valence-corrected chi connectivity index (χ1v) is 9.11. The third-order valence-electron chi connectivity index (χ3n) is 3.95. The molecule has 1 aliphatic rings. The second-order valence-electron chi connectivity index (χ2n) is 5.28. The van der Waals surface area contributed by atoms with E-state index in [0.717, 1.165) is 17.5 Å². The Balaban J connectivity index is 1.80. The molecule has 120 valence electrons. The molecule has 1 aliphatic heterocycles. The number of aryl methyl sites for hydroxylation is 2. The Morgan fingerprint density at radius 1 is 1.18 bits per heavy atom. The fourth-order valence-electron chi connectivity index (χ4n) is 2.71. The average Bonchev–Trinajstić information content (AvgIpc) is 3.08. The summed E-state index contributed by atoms with van der Waals surface area (Å²) >= 11 is 1.16. The predicted octanol–water partition coefficient (Wildman–Crippen LogP) is 0.399. The van der Waals surface area contributed by atoms with Gasteiger partial charge in [-0.15, -0.1) is 0 Å². The lowest BCUT2D eigenvalue weighted by molar-refractivity contribution is 0.383. The number of nitrogens with zero attached hydrogens (tertiary/aromatic N) is 6. The molecule has 0 unspecified atom stereocenters. The number of sulfonamides is 1. The Hall–Kier alpha value is -1.52. The zero-order chi connectivity index (χ0) is 15.9. The molecule has 1 saturated heterocycles. The third-order valence-corrected chi connectivity index (χ3v) is 6.57. The molecule has 8 nitrogen and oxygen atoms in total. The van der Waals surface area contributed by atoms with E-state index in [0.29, 0.717) is 42.5 Å². The molecular formula is C12H18N6O2S2. The van der Waals surface area contributed by atoms with Crippen molar-refractivity contribution in [3.8, 4) is 0 Å². The minimum Gasteiger partial charge on any atom is -0.352 e. The van der Waals surface area contributed by atoms with Crippen LogP contribution in [0.2, 0.25) is 0 Å². The summed E-state index contributed by atoms with van der Waals surface area (Å²) in [5.74, 6) is 0.816. The van der Waals surface area contributed by atoms with E-state index in [1.165, 1.54) is 4.31 Å². The molecule has 3 rings (SSSR count). The number of hydrogen-bond acceptors (Lipinski definition) is 7. The average molecular weight is 342 g/mol. The molecule has 0 amide bonds. The van der Waals surface area contributed by atoms with E-state index in [-0.39, 0.29) is 0 Å². The highest BCUT2D eigenvalue weighted by molar-refractivity contribution is 7.89. The van der Waals surface area contributed by atoms with Crippen LogP contribution in [-0.2, 0) is 17.1 Å². The van der Waals surface area contributed by atoms with Crippen molar-refractivity contribution in [3.05, 3.63) is 17.6 Å². The maximum Gasteiger partial charge on any atom is 0.246 e. The van der Waals surface area contributed by atoms with Crippen LogP contribution in [0.5, 0.6) is 0 Å². The van der Waals surface area contributed by atoms with Gasteiger partial charge in [-0.3, -0.25) is 4.68 Å². The van der Waals surface area contributed by atoms with E-state index in [1.807, 2.05) is 0 Å². The highest BCUT2D eigenvalue weighted by atomic mass is 32.2. The topological polar surface area (TPSA) is 84.2 Å². The van der Waals surface area contributed by atoms with E-state index in [9.17, 15) is 8.42 Å². The van der Waals surface area contributed by atoms with Crippen LogP contribution < -0.4 is 4.90 Å². The molecule has 0 radical (unpaired) electrons. The van der Waals surface area contributed by atoms with Gasteiger partial charge in [-0.05, 0) is 13.8 Å². The number of anilines is 1. The number of piperazine rings is 1. The van der Waals surface area contributed by atoms with Crippen molar-refractivity contribution in [2.75, 3.05) is 31.1 Å². The SMILES string of the molecule is Cc1nn(C)c(C)c1S(=O)(=O)N1CCN(c2cnsn2)CC1. The normalized spacial score (nSPS) is 17.1. The molecule has 22 heavy (non-hydrogen) atoms. The Bertz CT molecular complexity index is 760. The monoisotopic (exact) mass is 342 g/mol. The fourth-order valence-corrected chi connectivity index (χ4v) is 4.97. The maximum atomic E-state index is 12.9. The summed E-state index contributed by atoms with van der Waals surface area (Å²) in [4.78, 5) is 2.39. The van der Waals surface area contributed by atoms with Crippen LogP contribution in [0.4, 0.5) is 5.82 Å². The molecule has 2 aromatic rings. The molecule has 0 N–H and O–H groups in total. The first-order chi connectivity index (χ1) is 10.4. The minimum absolute atomic E-state index is 0.332. The van der Waals surface area contributed by atoms with Crippen LogP contribution in [0.3, 0.4) is 0 Å². The number of rotatable bonds is 3. The Morgan fingerprint density at radius 2 is 1.86 bits per heavy atom.